The number of rotatable bonds is 10. The van der Waals surface area contributed by atoms with Gasteiger partial charge in [-0.25, -0.2) is 8.42 Å². The highest BCUT2D eigenvalue weighted by Crippen LogP contribution is 2.33. The fourth-order valence-electron chi connectivity index (χ4n) is 3.21. The number of carbonyl (C=O) groups excluding carboxylic acids is 2. The summed E-state index contributed by atoms with van der Waals surface area (Å²) in [6.07, 6.45) is 0.993. The molecular weight excluding hydrogens is 470 g/mol. The summed E-state index contributed by atoms with van der Waals surface area (Å²) in [6, 6.07) is 10.6. The number of sulfonamides is 1. The topological polar surface area (TPSA) is 105 Å². The maximum absolute atomic E-state index is 13.4. The molecule has 0 aliphatic heterocycles. The lowest BCUT2D eigenvalue weighted by Gasteiger charge is -2.31. The van der Waals surface area contributed by atoms with E-state index in [1.165, 1.54) is 38.3 Å². The lowest BCUT2D eigenvalue weighted by Crippen LogP contribution is -2.50. The third-order valence-electron chi connectivity index (χ3n) is 4.99. The third-order valence-corrected chi connectivity index (χ3v) is 6.35. The summed E-state index contributed by atoms with van der Waals surface area (Å²) in [5.41, 5.74) is 0.865. The number of hydrogen-bond donors (Lipinski definition) is 1. The van der Waals surface area contributed by atoms with Gasteiger partial charge in [0.25, 0.3) is 0 Å². The predicted molar refractivity (Wildman–Crippen MR) is 127 cm³/mol. The molecule has 0 fully saturated rings. The van der Waals surface area contributed by atoms with Crippen LogP contribution in [0.5, 0.6) is 11.5 Å². The number of benzene rings is 2. The quantitative estimate of drug-likeness (QED) is 0.540. The van der Waals surface area contributed by atoms with Crippen molar-refractivity contribution in [3.05, 3.63) is 53.1 Å². The van der Waals surface area contributed by atoms with Crippen molar-refractivity contribution in [1.29, 1.82) is 0 Å². The first kappa shape index (κ1) is 26.3. The molecule has 33 heavy (non-hydrogen) atoms. The zero-order valence-corrected chi connectivity index (χ0v) is 20.7. The van der Waals surface area contributed by atoms with Gasteiger partial charge in [-0.15, -0.1) is 0 Å². The molecule has 0 bridgehead atoms. The number of nitrogens with zero attached hydrogens (tertiary/aromatic N) is 2. The summed E-state index contributed by atoms with van der Waals surface area (Å²) >= 11 is 6.07. The maximum atomic E-state index is 13.4. The largest absolute Gasteiger partial charge is 0.497 e. The predicted octanol–water partition coefficient (Wildman–Crippen LogP) is 2.29. The third kappa shape index (κ3) is 6.75. The monoisotopic (exact) mass is 497 g/mol. The van der Waals surface area contributed by atoms with Crippen LogP contribution in [0.2, 0.25) is 5.02 Å². The fourth-order valence-corrected chi connectivity index (χ4v) is 4.28. The Morgan fingerprint density at radius 3 is 2.36 bits per heavy atom. The number of ether oxygens (including phenoxy) is 2. The number of anilines is 1. The van der Waals surface area contributed by atoms with Gasteiger partial charge in [-0.1, -0.05) is 23.7 Å². The Morgan fingerprint density at radius 1 is 1.12 bits per heavy atom. The van der Waals surface area contributed by atoms with Crippen LogP contribution in [0.3, 0.4) is 0 Å². The van der Waals surface area contributed by atoms with Crippen molar-refractivity contribution in [3.63, 3.8) is 0 Å². The van der Waals surface area contributed by atoms with Crippen molar-refractivity contribution in [2.45, 2.75) is 19.5 Å². The van der Waals surface area contributed by atoms with E-state index >= 15 is 0 Å². The summed E-state index contributed by atoms with van der Waals surface area (Å²) in [7, 11) is 0.439. The number of likely N-dealkylation sites (N-methyl/N-ethyl adjacent to an activating group) is 1. The molecule has 2 rings (SSSR count). The van der Waals surface area contributed by atoms with Gasteiger partial charge in [0.1, 0.15) is 24.1 Å². The van der Waals surface area contributed by atoms with Crippen LogP contribution < -0.4 is 19.1 Å². The molecule has 9 nitrogen and oxygen atoms in total. The normalized spacial score (nSPS) is 11.9. The zero-order chi connectivity index (χ0) is 24.8. The smallest absolute Gasteiger partial charge is 0.244 e. The molecule has 11 heteroatoms. The molecule has 0 aliphatic rings. The number of hydrogen-bond acceptors (Lipinski definition) is 6. The van der Waals surface area contributed by atoms with E-state index in [-0.39, 0.29) is 18.0 Å². The maximum Gasteiger partial charge on any atom is 0.244 e. The highest BCUT2D eigenvalue weighted by Gasteiger charge is 2.31. The molecule has 2 aromatic carbocycles. The van der Waals surface area contributed by atoms with Gasteiger partial charge >= 0.3 is 0 Å². The summed E-state index contributed by atoms with van der Waals surface area (Å²) in [5, 5.41) is 3.00. The van der Waals surface area contributed by atoms with Gasteiger partial charge in [-0.05, 0) is 36.8 Å². The van der Waals surface area contributed by atoms with Crippen molar-refractivity contribution in [1.82, 2.24) is 10.2 Å². The Balaban J connectivity index is 2.45. The van der Waals surface area contributed by atoms with Gasteiger partial charge in [0.2, 0.25) is 21.8 Å². The molecule has 180 valence electrons. The first-order chi connectivity index (χ1) is 15.5. The summed E-state index contributed by atoms with van der Waals surface area (Å²) in [6.45, 7) is 1.09. The SMILES string of the molecule is CNC(=O)[C@@H](C)N(Cc1cccc(Cl)c1)C(=O)CN(c1ccc(OC)cc1OC)S(C)(=O)=O. The van der Waals surface area contributed by atoms with Crippen LogP contribution in [0.4, 0.5) is 5.69 Å². The first-order valence-electron chi connectivity index (χ1n) is 9.97. The van der Waals surface area contributed by atoms with Crippen molar-refractivity contribution in [3.8, 4) is 11.5 Å². The van der Waals surface area contributed by atoms with Crippen LogP contribution in [0.25, 0.3) is 0 Å². The van der Waals surface area contributed by atoms with E-state index < -0.39 is 34.4 Å². The van der Waals surface area contributed by atoms with Gasteiger partial charge in [0.15, 0.2) is 0 Å². The van der Waals surface area contributed by atoms with E-state index in [9.17, 15) is 18.0 Å². The van der Waals surface area contributed by atoms with E-state index in [4.69, 9.17) is 21.1 Å². The standard InChI is InChI=1S/C22H28ClN3O6S/c1-15(22(28)24-2)25(13-16-7-6-8-17(23)11-16)21(27)14-26(33(5,29)30)19-10-9-18(31-3)12-20(19)32-4/h6-12,15H,13-14H2,1-5H3,(H,24,28)/t15-/m1/s1. The average Bonchev–Trinajstić information content (AvgIpc) is 2.78. The van der Waals surface area contributed by atoms with Gasteiger partial charge in [-0.3, -0.25) is 13.9 Å². The Hall–Kier alpha value is -2.98. The average molecular weight is 498 g/mol. The summed E-state index contributed by atoms with van der Waals surface area (Å²) in [5.74, 6) is -0.285. The Labute approximate surface area is 199 Å². The Morgan fingerprint density at radius 2 is 1.82 bits per heavy atom. The lowest BCUT2D eigenvalue weighted by atomic mass is 10.1. The summed E-state index contributed by atoms with van der Waals surface area (Å²) in [4.78, 5) is 27.0. The molecule has 2 amide bonds. The number of amides is 2. The lowest BCUT2D eigenvalue weighted by molar-refractivity contribution is -0.139. The Kier molecular flexibility index (Phi) is 8.95. The van der Waals surface area contributed by atoms with Crippen molar-refractivity contribution in [2.24, 2.45) is 0 Å². The molecule has 0 aromatic heterocycles. The van der Waals surface area contributed by atoms with E-state index in [0.717, 1.165) is 10.6 Å². The van der Waals surface area contributed by atoms with Crippen molar-refractivity contribution < 1.29 is 27.5 Å². The first-order valence-corrected chi connectivity index (χ1v) is 12.2. The molecule has 0 saturated heterocycles. The van der Waals surface area contributed by atoms with E-state index in [0.29, 0.717) is 16.3 Å². The molecule has 0 spiro atoms. The van der Waals surface area contributed by atoms with Crippen LogP contribution in [0.1, 0.15) is 12.5 Å². The molecule has 0 heterocycles. The molecule has 0 radical (unpaired) electrons. The molecule has 0 aliphatic carbocycles. The van der Waals surface area contributed by atoms with Crippen LogP contribution >= 0.6 is 11.6 Å². The Bertz CT molecular complexity index is 1110. The van der Waals surface area contributed by atoms with Crippen LogP contribution in [-0.4, -0.2) is 65.2 Å². The molecule has 0 saturated carbocycles. The molecule has 0 unspecified atom stereocenters. The fraction of sp³-hybridized carbons (Fsp3) is 0.364. The van der Waals surface area contributed by atoms with Crippen LogP contribution in [0.15, 0.2) is 42.5 Å². The number of halogens is 1. The van der Waals surface area contributed by atoms with Gasteiger partial charge in [0.05, 0.1) is 26.2 Å². The second-order valence-electron chi connectivity index (χ2n) is 7.25. The van der Waals surface area contributed by atoms with Crippen molar-refractivity contribution >= 4 is 39.1 Å². The van der Waals surface area contributed by atoms with E-state index in [1.807, 2.05) is 0 Å². The molecule has 2 aromatic rings. The number of methoxy groups -OCH3 is 2. The van der Waals surface area contributed by atoms with Gasteiger partial charge in [0, 0.05) is 24.7 Å². The van der Waals surface area contributed by atoms with Gasteiger partial charge in [-0.2, -0.15) is 0 Å². The number of nitrogens with one attached hydrogen (secondary N) is 1. The van der Waals surface area contributed by atoms with E-state index in [1.54, 1.807) is 37.3 Å². The summed E-state index contributed by atoms with van der Waals surface area (Å²) < 4.78 is 36.7. The van der Waals surface area contributed by atoms with Crippen molar-refractivity contribution in [2.75, 3.05) is 38.4 Å². The molecule has 1 atom stereocenters. The van der Waals surface area contributed by atoms with E-state index in [2.05, 4.69) is 5.32 Å². The second-order valence-corrected chi connectivity index (χ2v) is 9.59. The van der Waals surface area contributed by atoms with Crippen LogP contribution in [0, 0.1) is 0 Å². The molecule has 1 N–H and O–H groups in total. The minimum atomic E-state index is -3.89. The number of carbonyl (C=O) groups is 2. The highest BCUT2D eigenvalue weighted by molar-refractivity contribution is 7.92. The van der Waals surface area contributed by atoms with Gasteiger partial charge < -0.3 is 19.7 Å². The van der Waals surface area contributed by atoms with Crippen LogP contribution in [-0.2, 0) is 26.2 Å². The molecular formula is C22H28ClN3O6S. The minimum absolute atomic E-state index is 0.0608. The second kappa shape index (κ2) is 11.2. The zero-order valence-electron chi connectivity index (χ0n) is 19.2. The highest BCUT2D eigenvalue weighted by atomic mass is 35.5. The minimum Gasteiger partial charge on any atom is -0.497 e.